The predicted molar refractivity (Wildman–Crippen MR) is 77.9 cm³/mol. The van der Waals surface area contributed by atoms with Crippen LogP contribution in [0.25, 0.3) is 0 Å². The van der Waals surface area contributed by atoms with Gasteiger partial charge in [0, 0.05) is 17.5 Å². The zero-order chi connectivity index (χ0) is 13.9. The zero-order valence-corrected chi connectivity index (χ0v) is 12.0. The fourth-order valence-corrected chi connectivity index (χ4v) is 3.24. The van der Waals surface area contributed by atoms with Crippen LogP contribution in [0.1, 0.15) is 50.2 Å². The second-order valence-electron chi connectivity index (χ2n) is 5.59. The summed E-state index contributed by atoms with van der Waals surface area (Å²) in [5.74, 6) is 0.861. The Morgan fingerprint density at radius 1 is 1.26 bits per heavy atom. The molecule has 1 saturated carbocycles. The van der Waals surface area contributed by atoms with E-state index in [-0.39, 0.29) is 11.2 Å². The molecule has 0 amide bonds. The highest BCUT2D eigenvalue weighted by atomic mass is 16.5. The van der Waals surface area contributed by atoms with E-state index in [0.29, 0.717) is 12.3 Å². The maximum atomic E-state index is 10.5. The van der Waals surface area contributed by atoms with E-state index in [1.54, 1.807) is 7.11 Å². The third-order valence-corrected chi connectivity index (χ3v) is 4.54. The van der Waals surface area contributed by atoms with Crippen LogP contribution in [0.3, 0.4) is 0 Å². The van der Waals surface area contributed by atoms with E-state index in [0.717, 1.165) is 24.8 Å². The van der Waals surface area contributed by atoms with Crippen LogP contribution in [0, 0.1) is 0 Å². The number of methoxy groups -OCH3 is 1. The fraction of sp³-hybridized carbons (Fsp3) is 0.625. The SMILES string of the molecule is CCc1cc(OC)c(O)c(C2(CN)CCCCC2)c1. The van der Waals surface area contributed by atoms with Crippen molar-refractivity contribution in [3.8, 4) is 11.5 Å². The summed E-state index contributed by atoms with van der Waals surface area (Å²) in [7, 11) is 1.61. The number of rotatable bonds is 4. The van der Waals surface area contributed by atoms with Crippen molar-refractivity contribution in [2.45, 2.75) is 50.9 Å². The molecule has 19 heavy (non-hydrogen) atoms. The van der Waals surface area contributed by atoms with E-state index in [1.807, 2.05) is 6.07 Å². The smallest absolute Gasteiger partial charge is 0.161 e. The number of ether oxygens (including phenoxy) is 1. The van der Waals surface area contributed by atoms with Crippen LogP contribution < -0.4 is 10.5 Å². The average Bonchev–Trinajstić information content (AvgIpc) is 2.48. The van der Waals surface area contributed by atoms with Gasteiger partial charge in [-0.05, 0) is 30.9 Å². The molecule has 0 radical (unpaired) electrons. The summed E-state index contributed by atoms with van der Waals surface area (Å²) in [4.78, 5) is 0. The molecule has 3 heteroatoms. The molecule has 0 bridgehead atoms. The first kappa shape index (κ1) is 14.2. The Bertz CT molecular complexity index is 437. The topological polar surface area (TPSA) is 55.5 Å². The van der Waals surface area contributed by atoms with Gasteiger partial charge in [-0.15, -0.1) is 0 Å². The molecule has 2 rings (SSSR count). The van der Waals surface area contributed by atoms with E-state index in [9.17, 15) is 5.11 Å². The Kier molecular flexibility index (Phi) is 4.35. The first-order valence-corrected chi connectivity index (χ1v) is 7.27. The third-order valence-electron chi connectivity index (χ3n) is 4.54. The standard InChI is InChI=1S/C16H25NO2/c1-3-12-9-13(15(18)14(10-12)19-2)16(11-17)7-5-4-6-8-16/h9-10,18H,3-8,11,17H2,1-2H3. The Hall–Kier alpha value is -1.22. The van der Waals surface area contributed by atoms with Crippen LogP contribution in [0.15, 0.2) is 12.1 Å². The number of aromatic hydroxyl groups is 1. The first-order chi connectivity index (χ1) is 9.16. The Morgan fingerprint density at radius 3 is 2.47 bits per heavy atom. The maximum absolute atomic E-state index is 10.5. The van der Waals surface area contributed by atoms with Gasteiger partial charge in [0.15, 0.2) is 11.5 Å². The van der Waals surface area contributed by atoms with E-state index < -0.39 is 0 Å². The second kappa shape index (κ2) is 5.83. The summed E-state index contributed by atoms with van der Waals surface area (Å²) in [6.07, 6.45) is 6.71. The van der Waals surface area contributed by atoms with Crippen LogP contribution in [-0.2, 0) is 11.8 Å². The van der Waals surface area contributed by atoms with Crippen LogP contribution >= 0.6 is 0 Å². The number of phenols is 1. The lowest BCUT2D eigenvalue weighted by Crippen LogP contribution is -2.37. The van der Waals surface area contributed by atoms with Crippen LogP contribution in [0.2, 0.25) is 0 Å². The summed E-state index contributed by atoms with van der Waals surface area (Å²) < 4.78 is 5.32. The monoisotopic (exact) mass is 263 g/mol. The van der Waals surface area contributed by atoms with Gasteiger partial charge in [0.05, 0.1) is 7.11 Å². The van der Waals surface area contributed by atoms with E-state index in [4.69, 9.17) is 10.5 Å². The highest BCUT2D eigenvalue weighted by Crippen LogP contribution is 2.45. The second-order valence-corrected chi connectivity index (χ2v) is 5.59. The van der Waals surface area contributed by atoms with Gasteiger partial charge in [-0.3, -0.25) is 0 Å². The summed E-state index contributed by atoms with van der Waals surface area (Å²) in [6.45, 7) is 2.71. The van der Waals surface area contributed by atoms with Crippen molar-refractivity contribution in [3.05, 3.63) is 23.3 Å². The molecular formula is C16H25NO2. The number of benzene rings is 1. The van der Waals surface area contributed by atoms with Crippen molar-refractivity contribution < 1.29 is 9.84 Å². The first-order valence-electron chi connectivity index (χ1n) is 7.27. The lowest BCUT2D eigenvalue weighted by molar-refractivity contribution is 0.285. The molecule has 3 nitrogen and oxygen atoms in total. The highest BCUT2D eigenvalue weighted by molar-refractivity contribution is 5.52. The van der Waals surface area contributed by atoms with Gasteiger partial charge < -0.3 is 15.6 Å². The lowest BCUT2D eigenvalue weighted by atomic mass is 9.68. The Balaban J connectivity index is 2.52. The predicted octanol–water partition coefficient (Wildman–Crippen LogP) is 3.12. The molecule has 1 aromatic carbocycles. The molecule has 0 aliphatic heterocycles. The van der Waals surface area contributed by atoms with Crippen molar-refractivity contribution >= 4 is 0 Å². The number of phenolic OH excluding ortho intramolecular Hbond substituents is 1. The van der Waals surface area contributed by atoms with E-state index in [2.05, 4.69) is 13.0 Å². The van der Waals surface area contributed by atoms with Crippen LogP contribution in [-0.4, -0.2) is 18.8 Å². The third kappa shape index (κ3) is 2.57. The number of hydrogen-bond acceptors (Lipinski definition) is 3. The molecule has 0 aromatic heterocycles. The molecule has 106 valence electrons. The number of aryl methyl sites for hydroxylation is 1. The quantitative estimate of drug-likeness (QED) is 0.877. The van der Waals surface area contributed by atoms with Crippen molar-refractivity contribution in [1.82, 2.24) is 0 Å². The molecule has 0 heterocycles. The Labute approximate surface area is 115 Å². The van der Waals surface area contributed by atoms with E-state index in [1.165, 1.54) is 24.8 Å². The highest BCUT2D eigenvalue weighted by Gasteiger charge is 2.35. The molecule has 0 unspecified atom stereocenters. The van der Waals surface area contributed by atoms with Crippen LogP contribution in [0.5, 0.6) is 11.5 Å². The molecule has 1 fully saturated rings. The largest absolute Gasteiger partial charge is 0.504 e. The zero-order valence-electron chi connectivity index (χ0n) is 12.0. The van der Waals surface area contributed by atoms with Crippen molar-refractivity contribution in [2.75, 3.05) is 13.7 Å². The minimum atomic E-state index is -0.0687. The van der Waals surface area contributed by atoms with Crippen molar-refractivity contribution in [3.63, 3.8) is 0 Å². The summed E-state index contributed by atoms with van der Waals surface area (Å²) >= 11 is 0. The molecule has 0 saturated heterocycles. The van der Waals surface area contributed by atoms with Gasteiger partial charge >= 0.3 is 0 Å². The maximum Gasteiger partial charge on any atom is 0.161 e. The molecule has 0 spiro atoms. The minimum Gasteiger partial charge on any atom is -0.504 e. The molecular weight excluding hydrogens is 238 g/mol. The van der Waals surface area contributed by atoms with Gasteiger partial charge in [-0.25, -0.2) is 0 Å². The lowest BCUT2D eigenvalue weighted by Gasteiger charge is -2.37. The summed E-state index contributed by atoms with van der Waals surface area (Å²) in [5.41, 5.74) is 8.19. The molecule has 3 N–H and O–H groups in total. The minimum absolute atomic E-state index is 0.0687. The molecule has 1 aliphatic rings. The van der Waals surface area contributed by atoms with Gasteiger partial charge in [0.1, 0.15) is 0 Å². The summed E-state index contributed by atoms with van der Waals surface area (Å²) in [5, 5.41) is 10.5. The summed E-state index contributed by atoms with van der Waals surface area (Å²) in [6, 6.07) is 4.04. The van der Waals surface area contributed by atoms with Gasteiger partial charge in [-0.1, -0.05) is 32.3 Å². The molecule has 1 aliphatic carbocycles. The molecule has 0 atom stereocenters. The van der Waals surface area contributed by atoms with Gasteiger partial charge in [0.25, 0.3) is 0 Å². The molecule has 1 aromatic rings. The van der Waals surface area contributed by atoms with E-state index >= 15 is 0 Å². The van der Waals surface area contributed by atoms with Gasteiger partial charge in [0.2, 0.25) is 0 Å². The van der Waals surface area contributed by atoms with Gasteiger partial charge in [-0.2, -0.15) is 0 Å². The number of hydrogen-bond donors (Lipinski definition) is 2. The average molecular weight is 263 g/mol. The Morgan fingerprint density at radius 2 is 1.95 bits per heavy atom. The normalized spacial score (nSPS) is 18.3. The number of nitrogens with two attached hydrogens (primary N) is 1. The van der Waals surface area contributed by atoms with Crippen molar-refractivity contribution in [2.24, 2.45) is 5.73 Å². The van der Waals surface area contributed by atoms with Crippen molar-refractivity contribution in [1.29, 1.82) is 0 Å². The fourth-order valence-electron chi connectivity index (χ4n) is 3.24. The van der Waals surface area contributed by atoms with Crippen LogP contribution in [0.4, 0.5) is 0 Å².